The van der Waals surface area contributed by atoms with Gasteiger partial charge in [-0.25, -0.2) is 0 Å². The lowest BCUT2D eigenvalue weighted by Crippen LogP contribution is -2.46. The number of hydrogen-bond acceptors (Lipinski definition) is 5. The molecule has 6 heteroatoms. The van der Waals surface area contributed by atoms with Crippen molar-refractivity contribution in [2.24, 2.45) is 0 Å². The maximum Gasteiger partial charge on any atom is 0.258 e. The molecule has 0 saturated carbocycles. The average molecular weight is 282 g/mol. The summed E-state index contributed by atoms with van der Waals surface area (Å²) in [5.74, 6) is 0.790. The van der Waals surface area contributed by atoms with Crippen molar-refractivity contribution in [1.29, 1.82) is 0 Å². The Morgan fingerprint density at radius 2 is 2.00 bits per heavy atom. The fourth-order valence-corrected chi connectivity index (χ4v) is 3.28. The first-order valence-electron chi connectivity index (χ1n) is 6.80. The van der Waals surface area contributed by atoms with Crippen molar-refractivity contribution in [1.82, 2.24) is 20.4 Å². The van der Waals surface area contributed by atoms with Gasteiger partial charge in [-0.3, -0.25) is 10.1 Å². The van der Waals surface area contributed by atoms with Gasteiger partial charge in [0.05, 0.1) is 25.1 Å². The molecule has 0 spiro atoms. The first-order valence-corrected chi connectivity index (χ1v) is 6.80. The molecule has 2 aliphatic heterocycles. The van der Waals surface area contributed by atoms with Gasteiger partial charge in [0.15, 0.2) is 0 Å². The van der Waals surface area contributed by atoms with Gasteiger partial charge in [0.1, 0.15) is 11.4 Å². The summed E-state index contributed by atoms with van der Waals surface area (Å²) in [4.78, 5) is 14.4. The lowest BCUT2D eigenvalue weighted by atomic mass is 9.93. The molecule has 0 aliphatic carbocycles. The van der Waals surface area contributed by atoms with Crippen LogP contribution in [-0.2, 0) is 5.66 Å². The van der Waals surface area contributed by atoms with Gasteiger partial charge >= 0.3 is 0 Å². The number of methoxy groups -OCH3 is 1. The molecule has 1 aromatic heterocycles. The Kier molecular flexibility index (Phi) is 2.49. The lowest BCUT2D eigenvalue weighted by molar-refractivity contribution is 0.0694. The predicted octanol–water partition coefficient (Wildman–Crippen LogP) is 0.745. The first kappa shape index (κ1) is 12.3. The van der Waals surface area contributed by atoms with Crippen LogP contribution in [0.2, 0.25) is 0 Å². The molecule has 1 aromatic carbocycles. The summed E-state index contributed by atoms with van der Waals surface area (Å²) in [5, 5.41) is 11.3. The molecular weight excluding hydrogens is 268 g/mol. The molecular formula is C15H14N4O2. The van der Waals surface area contributed by atoms with Gasteiger partial charge in [-0.15, -0.1) is 0 Å². The van der Waals surface area contributed by atoms with Crippen molar-refractivity contribution in [2.45, 2.75) is 5.66 Å². The zero-order chi connectivity index (χ0) is 14.4. The van der Waals surface area contributed by atoms with Gasteiger partial charge in [-0.05, 0) is 17.7 Å². The average Bonchev–Trinajstić information content (AvgIpc) is 3.08. The smallest absolute Gasteiger partial charge is 0.258 e. The predicted molar refractivity (Wildman–Crippen MR) is 74.8 cm³/mol. The molecule has 21 heavy (non-hydrogen) atoms. The van der Waals surface area contributed by atoms with Crippen LogP contribution in [0.1, 0.15) is 21.5 Å². The Balaban J connectivity index is 1.93. The minimum Gasteiger partial charge on any atom is -0.497 e. The van der Waals surface area contributed by atoms with E-state index in [2.05, 4.69) is 15.5 Å². The van der Waals surface area contributed by atoms with Crippen molar-refractivity contribution in [2.75, 3.05) is 20.2 Å². The van der Waals surface area contributed by atoms with Crippen LogP contribution < -0.4 is 10.1 Å². The van der Waals surface area contributed by atoms with Crippen LogP contribution in [-0.4, -0.2) is 41.2 Å². The molecule has 2 aromatic rings. The van der Waals surface area contributed by atoms with E-state index in [-0.39, 0.29) is 5.91 Å². The van der Waals surface area contributed by atoms with Crippen LogP contribution in [0.3, 0.4) is 0 Å². The van der Waals surface area contributed by atoms with Crippen LogP contribution in [0, 0.1) is 0 Å². The molecule has 106 valence electrons. The molecule has 2 aliphatic rings. The van der Waals surface area contributed by atoms with Gasteiger partial charge in [0.2, 0.25) is 0 Å². The normalized spacial score (nSPS) is 23.1. The summed E-state index contributed by atoms with van der Waals surface area (Å²) >= 11 is 0. The monoisotopic (exact) mass is 282 g/mol. The van der Waals surface area contributed by atoms with E-state index in [0.29, 0.717) is 12.1 Å². The van der Waals surface area contributed by atoms with E-state index in [9.17, 15) is 4.79 Å². The lowest BCUT2D eigenvalue weighted by Gasteiger charge is -2.33. The van der Waals surface area contributed by atoms with E-state index in [1.54, 1.807) is 19.5 Å². The number of benzene rings is 1. The largest absolute Gasteiger partial charge is 0.497 e. The number of ether oxygens (including phenoxy) is 1. The van der Waals surface area contributed by atoms with Crippen molar-refractivity contribution >= 4 is 5.91 Å². The number of aromatic nitrogens is 2. The van der Waals surface area contributed by atoms with Gasteiger partial charge in [0, 0.05) is 18.7 Å². The van der Waals surface area contributed by atoms with E-state index in [1.165, 1.54) is 0 Å². The highest BCUT2D eigenvalue weighted by Crippen LogP contribution is 2.43. The second-order valence-electron chi connectivity index (χ2n) is 5.14. The second kappa shape index (κ2) is 4.26. The standard InChI is InChI=1S/C15H14N4O2/c1-21-11-4-2-10(3-5-11)15-13-9-18-17-8-12(13)14(20)19(15)7-6-16-15/h2-5,8-9,16H,6-7H2,1H3/t15-/m1/s1. The molecule has 3 heterocycles. The minimum absolute atomic E-state index is 0.000665. The number of nitrogens with zero attached hydrogens (tertiary/aromatic N) is 3. The number of rotatable bonds is 2. The zero-order valence-electron chi connectivity index (χ0n) is 11.5. The maximum absolute atomic E-state index is 12.6. The van der Waals surface area contributed by atoms with Crippen LogP contribution in [0.5, 0.6) is 5.75 Å². The number of amides is 1. The first-order chi connectivity index (χ1) is 10.3. The van der Waals surface area contributed by atoms with E-state index < -0.39 is 5.66 Å². The van der Waals surface area contributed by atoms with Gasteiger partial charge in [-0.1, -0.05) is 12.1 Å². The Labute approximate surface area is 121 Å². The van der Waals surface area contributed by atoms with Crippen molar-refractivity contribution in [3.63, 3.8) is 0 Å². The topological polar surface area (TPSA) is 67.3 Å². The van der Waals surface area contributed by atoms with Gasteiger partial charge in [0.25, 0.3) is 5.91 Å². The summed E-state index contributed by atoms with van der Waals surface area (Å²) in [6.07, 6.45) is 3.22. The number of nitrogens with one attached hydrogen (secondary N) is 1. The highest BCUT2D eigenvalue weighted by Gasteiger charge is 2.53. The SMILES string of the molecule is COc1ccc([C@@]23NCCN2C(=O)c2cnncc23)cc1. The van der Waals surface area contributed by atoms with Crippen LogP contribution >= 0.6 is 0 Å². The molecule has 6 nitrogen and oxygen atoms in total. The number of carbonyl (C=O) groups is 1. The summed E-state index contributed by atoms with van der Waals surface area (Å²) in [6, 6.07) is 7.76. The zero-order valence-corrected chi connectivity index (χ0v) is 11.5. The second-order valence-corrected chi connectivity index (χ2v) is 5.14. The Morgan fingerprint density at radius 3 is 2.76 bits per heavy atom. The van der Waals surface area contributed by atoms with E-state index in [0.717, 1.165) is 23.4 Å². The number of carbonyl (C=O) groups excluding carboxylic acids is 1. The quantitative estimate of drug-likeness (QED) is 0.880. The molecule has 0 unspecified atom stereocenters. The third kappa shape index (κ3) is 1.48. The minimum atomic E-state index is -0.630. The van der Waals surface area contributed by atoms with Gasteiger partial charge in [-0.2, -0.15) is 10.2 Å². The Bertz CT molecular complexity index is 716. The molecule has 1 N–H and O–H groups in total. The Morgan fingerprint density at radius 1 is 1.24 bits per heavy atom. The fraction of sp³-hybridized carbons (Fsp3) is 0.267. The number of hydrogen-bond donors (Lipinski definition) is 1. The molecule has 1 saturated heterocycles. The molecule has 0 radical (unpaired) electrons. The van der Waals surface area contributed by atoms with Crippen molar-refractivity contribution in [3.8, 4) is 5.75 Å². The third-order valence-corrected chi connectivity index (χ3v) is 4.22. The summed E-state index contributed by atoms with van der Waals surface area (Å²) in [6.45, 7) is 1.42. The van der Waals surface area contributed by atoms with E-state index in [1.807, 2.05) is 29.2 Å². The summed E-state index contributed by atoms with van der Waals surface area (Å²) < 4.78 is 5.21. The highest BCUT2D eigenvalue weighted by atomic mass is 16.5. The summed E-state index contributed by atoms with van der Waals surface area (Å²) in [7, 11) is 1.64. The molecule has 1 fully saturated rings. The maximum atomic E-state index is 12.6. The Hall–Kier alpha value is -2.47. The van der Waals surface area contributed by atoms with Gasteiger partial charge < -0.3 is 9.64 Å². The fourth-order valence-electron chi connectivity index (χ4n) is 3.28. The molecule has 1 amide bonds. The summed E-state index contributed by atoms with van der Waals surface area (Å²) in [5.41, 5.74) is 1.85. The van der Waals surface area contributed by atoms with Crippen molar-refractivity contribution < 1.29 is 9.53 Å². The molecule has 0 bridgehead atoms. The molecule has 4 rings (SSSR count). The van der Waals surface area contributed by atoms with E-state index in [4.69, 9.17) is 4.74 Å². The van der Waals surface area contributed by atoms with Crippen molar-refractivity contribution in [3.05, 3.63) is 53.3 Å². The number of fused-ring (bicyclic) bond motifs is 3. The van der Waals surface area contributed by atoms with Crippen LogP contribution in [0.4, 0.5) is 0 Å². The van der Waals surface area contributed by atoms with Crippen LogP contribution in [0.15, 0.2) is 36.7 Å². The van der Waals surface area contributed by atoms with E-state index >= 15 is 0 Å². The molecule has 1 atom stereocenters. The third-order valence-electron chi connectivity index (χ3n) is 4.22. The highest BCUT2D eigenvalue weighted by molar-refractivity contribution is 6.00. The van der Waals surface area contributed by atoms with Crippen LogP contribution in [0.25, 0.3) is 0 Å².